The molecule has 1 unspecified atom stereocenters. The Bertz CT molecular complexity index is 327. The summed E-state index contributed by atoms with van der Waals surface area (Å²) in [5, 5.41) is 3.38. The minimum Gasteiger partial charge on any atom is -0.480 e. The van der Waals surface area contributed by atoms with E-state index in [-0.39, 0.29) is 0 Å². The lowest BCUT2D eigenvalue weighted by Gasteiger charge is -2.11. The highest BCUT2D eigenvalue weighted by atomic mass is 16.5. The lowest BCUT2D eigenvalue weighted by atomic mass is 10.2. The molecule has 1 aliphatic heterocycles. The summed E-state index contributed by atoms with van der Waals surface area (Å²) in [4.78, 5) is 8.25. The van der Waals surface area contributed by atoms with Crippen LogP contribution in [0.2, 0.25) is 0 Å². The fourth-order valence-electron chi connectivity index (χ4n) is 1.82. The maximum Gasteiger partial charge on any atom is 0.237 e. The molecule has 2 rings (SSSR count). The zero-order valence-electron chi connectivity index (χ0n) is 9.48. The average molecular weight is 223 g/mol. The zero-order valence-corrected chi connectivity index (χ0v) is 9.48. The third-order valence-electron chi connectivity index (χ3n) is 2.65. The fraction of sp³-hybridized carbons (Fsp3) is 0.636. The lowest BCUT2D eigenvalue weighted by molar-refractivity contribution is 0.0987. The number of rotatable bonds is 5. The van der Waals surface area contributed by atoms with Gasteiger partial charge in [-0.25, -0.2) is 4.98 Å². The van der Waals surface area contributed by atoms with E-state index in [1.807, 2.05) is 0 Å². The molecule has 2 heterocycles. The molecular weight excluding hydrogens is 206 g/mol. The smallest absolute Gasteiger partial charge is 0.237 e. The van der Waals surface area contributed by atoms with Crippen molar-refractivity contribution >= 4 is 0 Å². The van der Waals surface area contributed by atoms with Gasteiger partial charge in [-0.1, -0.05) is 0 Å². The van der Waals surface area contributed by atoms with Crippen LogP contribution in [0.1, 0.15) is 18.5 Å². The minimum absolute atomic E-state index is 0.454. The zero-order chi connectivity index (χ0) is 11.2. The van der Waals surface area contributed by atoms with Gasteiger partial charge in [-0.05, 0) is 19.4 Å². The first-order valence-electron chi connectivity index (χ1n) is 5.55. The molecule has 16 heavy (non-hydrogen) atoms. The number of hydrogen-bond donors (Lipinski definition) is 1. The Balaban J connectivity index is 1.79. The molecule has 0 spiro atoms. The molecule has 1 aliphatic rings. The molecule has 1 fully saturated rings. The lowest BCUT2D eigenvalue weighted by Crippen LogP contribution is -2.26. The Morgan fingerprint density at radius 2 is 2.31 bits per heavy atom. The van der Waals surface area contributed by atoms with E-state index < -0.39 is 0 Å². The highest BCUT2D eigenvalue weighted by molar-refractivity contribution is 5.15. The van der Waals surface area contributed by atoms with Gasteiger partial charge in [0.2, 0.25) is 5.88 Å². The van der Waals surface area contributed by atoms with E-state index in [2.05, 4.69) is 15.3 Å². The summed E-state index contributed by atoms with van der Waals surface area (Å²) in [7, 11) is 1.59. The first-order valence-corrected chi connectivity index (χ1v) is 5.55. The van der Waals surface area contributed by atoms with Gasteiger partial charge in [0.1, 0.15) is 5.69 Å². The maximum atomic E-state index is 5.60. The van der Waals surface area contributed by atoms with Crippen molar-refractivity contribution in [1.29, 1.82) is 0 Å². The molecule has 0 amide bonds. The Hall–Kier alpha value is -1.20. The van der Waals surface area contributed by atoms with Gasteiger partial charge >= 0.3 is 0 Å². The Morgan fingerprint density at radius 1 is 1.44 bits per heavy atom. The molecule has 5 heteroatoms. The molecule has 88 valence electrons. The van der Waals surface area contributed by atoms with Gasteiger partial charge < -0.3 is 14.8 Å². The van der Waals surface area contributed by atoms with Crippen LogP contribution >= 0.6 is 0 Å². The van der Waals surface area contributed by atoms with E-state index in [0.29, 0.717) is 18.5 Å². The number of methoxy groups -OCH3 is 1. The second-order valence-electron chi connectivity index (χ2n) is 3.82. The summed E-state index contributed by atoms with van der Waals surface area (Å²) in [6.45, 7) is 2.28. The molecule has 1 aromatic heterocycles. The molecule has 1 saturated heterocycles. The van der Waals surface area contributed by atoms with Gasteiger partial charge in [-0.15, -0.1) is 0 Å². The van der Waals surface area contributed by atoms with Crippen molar-refractivity contribution in [2.24, 2.45) is 0 Å². The molecule has 5 nitrogen and oxygen atoms in total. The second kappa shape index (κ2) is 5.77. The van der Waals surface area contributed by atoms with Crippen LogP contribution in [0.4, 0.5) is 0 Å². The summed E-state index contributed by atoms with van der Waals surface area (Å²) >= 11 is 0. The van der Waals surface area contributed by atoms with Gasteiger partial charge in [0.25, 0.3) is 0 Å². The number of aromatic nitrogens is 2. The van der Waals surface area contributed by atoms with Crippen molar-refractivity contribution < 1.29 is 9.47 Å². The van der Waals surface area contributed by atoms with Gasteiger partial charge in [-0.3, -0.25) is 4.98 Å². The number of ether oxygens (including phenoxy) is 2. The summed E-state index contributed by atoms with van der Waals surface area (Å²) < 4.78 is 10.7. The molecule has 1 N–H and O–H groups in total. The van der Waals surface area contributed by atoms with Crippen LogP contribution in [0.5, 0.6) is 5.88 Å². The second-order valence-corrected chi connectivity index (χ2v) is 3.82. The summed E-state index contributed by atoms with van der Waals surface area (Å²) in [5.41, 5.74) is 0.753. The molecule has 0 aliphatic carbocycles. The van der Waals surface area contributed by atoms with Crippen LogP contribution in [0.15, 0.2) is 12.4 Å². The van der Waals surface area contributed by atoms with Crippen molar-refractivity contribution in [3.05, 3.63) is 18.1 Å². The average Bonchev–Trinajstić information content (AvgIpc) is 2.83. The third kappa shape index (κ3) is 2.90. The predicted molar refractivity (Wildman–Crippen MR) is 59.3 cm³/mol. The van der Waals surface area contributed by atoms with Crippen LogP contribution < -0.4 is 10.1 Å². The van der Waals surface area contributed by atoms with Crippen molar-refractivity contribution in [2.45, 2.75) is 25.5 Å². The van der Waals surface area contributed by atoms with Crippen molar-refractivity contribution in [1.82, 2.24) is 15.3 Å². The monoisotopic (exact) mass is 223 g/mol. The summed E-state index contributed by atoms with van der Waals surface area (Å²) in [6.07, 6.45) is 5.69. The SMILES string of the molecule is COc1nccnc1COCC1CCCN1. The van der Waals surface area contributed by atoms with Gasteiger partial charge in [0.15, 0.2) is 0 Å². The summed E-state index contributed by atoms with van der Waals surface area (Å²) in [6, 6.07) is 0.489. The van der Waals surface area contributed by atoms with E-state index in [9.17, 15) is 0 Å². The molecule has 0 bridgehead atoms. The van der Waals surface area contributed by atoms with Crippen molar-refractivity contribution in [3.8, 4) is 5.88 Å². The third-order valence-corrected chi connectivity index (χ3v) is 2.65. The normalized spacial score (nSPS) is 19.9. The van der Waals surface area contributed by atoms with Gasteiger partial charge in [0, 0.05) is 18.4 Å². The Kier molecular flexibility index (Phi) is 4.07. The number of nitrogens with zero attached hydrogens (tertiary/aromatic N) is 2. The topological polar surface area (TPSA) is 56.3 Å². The van der Waals surface area contributed by atoms with E-state index in [0.717, 1.165) is 18.8 Å². The number of nitrogens with one attached hydrogen (secondary N) is 1. The van der Waals surface area contributed by atoms with E-state index >= 15 is 0 Å². The van der Waals surface area contributed by atoms with E-state index in [4.69, 9.17) is 9.47 Å². The Morgan fingerprint density at radius 3 is 3.06 bits per heavy atom. The van der Waals surface area contributed by atoms with Crippen LogP contribution in [0, 0.1) is 0 Å². The molecule has 0 radical (unpaired) electrons. The van der Waals surface area contributed by atoms with Crippen LogP contribution in [0.25, 0.3) is 0 Å². The summed E-state index contributed by atoms with van der Waals surface area (Å²) in [5.74, 6) is 0.543. The molecule has 0 aromatic carbocycles. The highest BCUT2D eigenvalue weighted by Crippen LogP contribution is 2.12. The Labute approximate surface area is 95.2 Å². The minimum atomic E-state index is 0.454. The number of hydrogen-bond acceptors (Lipinski definition) is 5. The highest BCUT2D eigenvalue weighted by Gasteiger charge is 2.14. The van der Waals surface area contributed by atoms with Gasteiger partial charge in [0.05, 0.1) is 20.3 Å². The van der Waals surface area contributed by atoms with Crippen LogP contribution in [-0.4, -0.2) is 36.3 Å². The van der Waals surface area contributed by atoms with E-state index in [1.54, 1.807) is 19.5 Å². The standard InChI is InChI=1S/C11H17N3O2/c1-15-11-10(13-5-6-14-11)8-16-7-9-3-2-4-12-9/h5-6,9,12H,2-4,7-8H2,1H3. The molecular formula is C11H17N3O2. The van der Waals surface area contributed by atoms with Crippen molar-refractivity contribution in [2.75, 3.05) is 20.3 Å². The van der Waals surface area contributed by atoms with Crippen molar-refractivity contribution in [3.63, 3.8) is 0 Å². The first kappa shape index (κ1) is 11.3. The molecule has 1 atom stereocenters. The van der Waals surface area contributed by atoms with Gasteiger partial charge in [-0.2, -0.15) is 0 Å². The molecule has 0 saturated carbocycles. The molecule has 1 aromatic rings. The predicted octanol–water partition coefficient (Wildman–Crippen LogP) is 0.754. The fourth-order valence-corrected chi connectivity index (χ4v) is 1.82. The van der Waals surface area contributed by atoms with Crippen LogP contribution in [0.3, 0.4) is 0 Å². The van der Waals surface area contributed by atoms with Crippen LogP contribution in [-0.2, 0) is 11.3 Å². The first-order chi connectivity index (χ1) is 7.90. The van der Waals surface area contributed by atoms with E-state index in [1.165, 1.54) is 12.8 Å². The largest absolute Gasteiger partial charge is 0.480 e. The maximum absolute atomic E-state index is 5.60. The quantitative estimate of drug-likeness (QED) is 0.798.